The highest BCUT2D eigenvalue weighted by atomic mass is 32.1. The molecule has 3 aromatic rings. The number of amides is 1. The van der Waals surface area contributed by atoms with Crippen LogP contribution in [0.25, 0.3) is 15.2 Å². The minimum Gasteiger partial charge on any atom is -0.289 e. The Kier molecular flexibility index (Phi) is 1.92. The molecule has 0 radical (unpaired) electrons. The molecule has 0 atom stereocenters. The molecule has 16 heavy (non-hydrogen) atoms. The molecule has 80 valence electrons. The Morgan fingerprint density at radius 2 is 2.25 bits per heavy atom. The van der Waals surface area contributed by atoms with Crippen molar-refractivity contribution in [3.05, 3.63) is 36.2 Å². The average molecular weight is 232 g/mol. The van der Waals surface area contributed by atoms with E-state index in [1.54, 1.807) is 17.5 Å². The largest absolute Gasteiger partial charge is 0.289 e. The first-order chi connectivity index (χ1) is 7.79. The predicted octanol–water partition coefficient (Wildman–Crippen LogP) is 1.15. The fraction of sp³-hybridized carbons (Fsp3) is 0. The van der Waals surface area contributed by atoms with Crippen molar-refractivity contribution < 1.29 is 4.79 Å². The van der Waals surface area contributed by atoms with Crippen LogP contribution in [0.4, 0.5) is 0 Å². The molecule has 2 heterocycles. The summed E-state index contributed by atoms with van der Waals surface area (Å²) in [5.41, 5.74) is 3.45. The number of carbonyl (C=O) groups is 1. The number of hydrogen-bond acceptors (Lipinski definition) is 4. The molecule has 0 spiro atoms. The quantitative estimate of drug-likeness (QED) is 0.375. The second-order valence-electron chi connectivity index (χ2n) is 3.32. The van der Waals surface area contributed by atoms with Gasteiger partial charge in [-0.25, -0.2) is 10.8 Å². The summed E-state index contributed by atoms with van der Waals surface area (Å²) in [6.45, 7) is 0. The summed E-state index contributed by atoms with van der Waals surface area (Å²) in [6.07, 6.45) is 1.69. The van der Waals surface area contributed by atoms with Crippen LogP contribution >= 0.6 is 11.3 Å². The van der Waals surface area contributed by atoms with E-state index in [0.717, 1.165) is 15.2 Å². The molecule has 3 N–H and O–H groups in total. The van der Waals surface area contributed by atoms with Crippen molar-refractivity contribution in [1.29, 1.82) is 0 Å². The molecule has 0 aliphatic carbocycles. The molecule has 0 bridgehead atoms. The van der Waals surface area contributed by atoms with Gasteiger partial charge in [-0.05, 0) is 12.1 Å². The maximum Gasteiger partial charge on any atom is 0.285 e. The zero-order chi connectivity index (χ0) is 11.1. The number of rotatable bonds is 1. The van der Waals surface area contributed by atoms with Crippen LogP contribution in [-0.4, -0.2) is 15.3 Å². The number of aromatic nitrogens is 2. The van der Waals surface area contributed by atoms with Crippen molar-refractivity contribution in [3.8, 4) is 0 Å². The van der Waals surface area contributed by atoms with Gasteiger partial charge in [-0.2, -0.15) is 0 Å². The Bertz CT molecular complexity index is 684. The van der Waals surface area contributed by atoms with E-state index in [9.17, 15) is 4.79 Å². The van der Waals surface area contributed by atoms with E-state index < -0.39 is 0 Å². The highest BCUT2D eigenvalue weighted by molar-refractivity contribution is 7.23. The number of carbonyl (C=O) groups excluding carboxylic acids is 1. The van der Waals surface area contributed by atoms with Gasteiger partial charge >= 0.3 is 0 Å². The second kappa shape index (κ2) is 3.29. The number of nitrogens with two attached hydrogens (primary N) is 1. The lowest BCUT2D eigenvalue weighted by Crippen LogP contribution is -2.30. The molecule has 6 heteroatoms. The van der Waals surface area contributed by atoms with Crippen LogP contribution in [0.1, 0.15) is 10.5 Å². The zero-order valence-corrected chi connectivity index (χ0v) is 8.99. The minimum absolute atomic E-state index is 0.333. The first-order valence-electron chi connectivity index (χ1n) is 4.67. The predicted molar refractivity (Wildman–Crippen MR) is 62.2 cm³/mol. The Morgan fingerprint density at radius 3 is 3.06 bits per heavy atom. The van der Waals surface area contributed by atoms with E-state index in [1.807, 2.05) is 28.7 Å². The van der Waals surface area contributed by atoms with Crippen molar-refractivity contribution in [3.63, 3.8) is 0 Å². The number of fused-ring (bicyclic) bond motifs is 3. The van der Waals surface area contributed by atoms with E-state index in [2.05, 4.69) is 10.4 Å². The lowest BCUT2D eigenvalue weighted by molar-refractivity contribution is 0.0949. The molecular formula is C10H8N4OS. The molecule has 1 aromatic carbocycles. The number of benzene rings is 1. The van der Waals surface area contributed by atoms with Crippen LogP contribution in [0.5, 0.6) is 0 Å². The minimum atomic E-state index is -0.375. The van der Waals surface area contributed by atoms with Gasteiger partial charge in [-0.15, -0.1) is 0 Å². The molecule has 0 aliphatic heterocycles. The molecule has 3 rings (SSSR count). The molecular weight excluding hydrogens is 224 g/mol. The molecule has 0 unspecified atom stereocenters. The van der Waals surface area contributed by atoms with Gasteiger partial charge in [0.1, 0.15) is 5.69 Å². The van der Waals surface area contributed by atoms with Gasteiger partial charge in [0.2, 0.25) is 0 Å². The summed E-state index contributed by atoms with van der Waals surface area (Å²) in [6, 6.07) is 7.95. The van der Waals surface area contributed by atoms with Gasteiger partial charge in [0.05, 0.1) is 10.2 Å². The topological polar surface area (TPSA) is 72.4 Å². The molecule has 2 aromatic heterocycles. The molecule has 0 saturated heterocycles. The summed E-state index contributed by atoms with van der Waals surface area (Å²) in [5, 5.41) is 0. The zero-order valence-electron chi connectivity index (χ0n) is 8.18. The number of nitrogens with zero attached hydrogens (tertiary/aromatic N) is 2. The van der Waals surface area contributed by atoms with Gasteiger partial charge in [-0.1, -0.05) is 23.5 Å². The van der Waals surface area contributed by atoms with Gasteiger partial charge in [0.15, 0.2) is 4.96 Å². The van der Waals surface area contributed by atoms with Gasteiger partial charge in [0, 0.05) is 6.20 Å². The highest BCUT2D eigenvalue weighted by Gasteiger charge is 2.12. The third-order valence-electron chi connectivity index (χ3n) is 2.36. The van der Waals surface area contributed by atoms with E-state index in [0.29, 0.717) is 5.69 Å². The van der Waals surface area contributed by atoms with Gasteiger partial charge in [0.25, 0.3) is 5.91 Å². The maximum absolute atomic E-state index is 11.3. The first kappa shape index (κ1) is 9.32. The highest BCUT2D eigenvalue weighted by Crippen LogP contribution is 2.25. The normalized spacial score (nSPS) is 11.1. The Labute approximate surface area is 94.5 Å². The van der Waals surface area contributed by atoms with Crippen molar-refractivity contribution in [1.82, 2.24) is 14.8 Å². The SMILES string of the molecule is NNC(=O)c1cn2c(n1)sc1ccccc12. The maximum atomic E-state index is 11.3. The molecule has 5 nitrogen and oxygen atoms in total. The smallest absolute Gasteiger partial charge is 0.285 e. The van der Waals surface area contributed by atoms with E-state index >= 15 is 0 Å². The number of thiazole rings is 1. The van der Waals surface area contributed by atoms with Crippen LogP contribution < -0.4 is 11.3 Å². The second-order valence-corrected chi connectivity index (χ2v) is 4.33. The lowest BCUT2D eigenvalue weighted by Gasteiger charge is -1.91. The molecule has 0 fully saturated rings. The number of nitrogens with one attached hydrogen (secondary N) is 1. The number of hydrazine groups is 1. The number of imidazole rings is 1. The lowest BCUT2D eigenvalue weighted by atomic mass is 10.3. The number of nitrogen functional groups attached to an aromatic ring is 1. The summed E-state index contributed by atoms with van der Waals surface area (Å²) < 4.78 is 3.04. The van der Waals surface area contributed by atoms with Crippen molar-refractivity contribution in [2.45, 2.75) is 0 Å². The Hall–Kier alpha value is -1.92. The van der Waals surface area contributed by atoms with Crippen molar-refractivity contribution in [2.24, 2.45) is 5.84 Å². The average Bonchev–Trinajstić information content (AvgIpc) is 2.85. The fourth-order valence-electron chi connectivity index (χ4n) is 1.63. The number of para-hydroxylation sites is 1. The van der Waals surface area contributed by atoms with Crippen molar-refractivity contribution in [2.75, 3.05) is 0 Å². The summed E-state index contributed by atoms with van der Waals surface area (Å²) in [7, 11) is 0. The van der Waals surface area contributed by atoms with Gasteiger partial charge < -0.3 is 0 Å². The molecule has 0 aliphatic rings. The third kappa shape index (κ3) is 1.21. The summed E-state index contributed by atoms with van der Waals surface area (Å²) in [5.74, 6) is 4.69. The van der Waals surface area contributed by atoms with E-state index in [1.165, 1.54) is 0 Å². The monoisotopic (exact) mass is 232 g/mol. The summed E-state index contributed by atoms with van der Waals surface area (Å²) in [4.78, 5) is 16.3. The van der Waals surface area contributed by atoms with Crippen LogP contribution in [-0.2, 0) is 0 Å². The van der Waals surface area contributed by atoms with Crippen LogP contribution in [0.15, 0.2) is 30.5 Å². The first-order valence-corrected chi connectivity index (χ1v) is 5.49. The van der Waals surface area contributed by atoms with Crippen molar-refractivity contribution >= 4 is 32.4 Å². The summed E-state index contributed by atoms with van der Waals surface area (Å²) >= 11 is 1.54. The van der Waals surface area contributed by atoms with Gasteiger partial charge in [-0.3, -0.25) is 14.6 Å². The molecule has 1 amide bonds. The Morgan fingerprint density at radius 1 is 1.44 bits per heavy atom. The van der Waals surface area contributed by atoms with Crippen LogP contribution in [0.2, 0.25) is 0 Å². The molecule has 0 saturated carbocycles. The third-order valence-corrected chi connectivity index (χ3v) is 3.40. The Balaban J connectivity index is 2.30. The fourth-order valence-corrected chi connectivity index (χ4v) is 2.64. The van der Waals surface area contributed by atoms with Crippen LogP contribution in [0, 0.1) is 0 Å². The van der Waals surface area contributed by atoms with Crippen LogP contribution in [0.3, 0.4) is 0 Å². The van der Waals surface area contributed by atoms with E-state index in [-0.39, 0.29) is 5.91 Å². The van der Waals surface area contributed by atoms with E-state index in [4.69, 9.17) is 5.84 Å². The standard InChI is InChI=1S/C10H8N4OS/c11-13-9(15)6-5-14-7-3-1-2-4-8(7)16-10(14)12-6/h1-5H,11H2,(H,13,15). The number of hydrogen-bond donors (Lipinski definition) is 2.